The molecule has 12 atom stereocenters. The van der Waals surface area contributed by atoms with Gasteiger partial charge in [0.2, 0.25) is 65.0 Å². The molecule has 3 aliphatic heterocycles. The van der Waals surface area contributed by atoms with Crippen LogP contribution in [-0.2, 0) is 57.5 Å². The van der Waals surface area contributed by atoms with Gasteiger partial charge in [0, 0.05) is 93.7 Å². The lowest BCUT2D eigenvalue weighted by Crippen LogP contribution is -2.72. The number of halogens is 10. The van der Waals surface area contributed by atoms with Crippen molar-refractivity contribution in [1.29, 1.82) is 0 Å². The number of nitrogens with one attached hydrogen (secondary N) is 3. The van der Waals surface area contributed by atoms with Crippen molar-refractivity contribution in [2.45, 2.75) is 274 Å². The van der Waals surface area contributed by atoms with Crippen molar-refractivity contribution in [3.63, 3.8) is 0 Å². The molecule has 33 heteroatoms. The first-order valence-corrected chi connectivity index (χ1v) is 38.6. The molecule has 4 aliphatic carbocycles. The molecule has 11 amide bonds. The van der Waals surface area contributed by atoms with Gasteiger partial charge in [-0.25, -0.2) is 17.6 Å². The summed E-state index contributed by atoms with van der Waals surface area (Å²) in [7, 11) is 7.95. The number of rotatable bonds is 15. The first-order chi connectivity index (χ1) is 50.4. The van der Waals surface area contributed by atoms with Gasteiger partial charge < -0.3 is 59.9 Å². The smallest absolute Gasteiger partial charge is 0.377 e. The third kappa shape index (κ3) is 21.4. The van der Waals surface area contributed by atoms with Gasteiger partial charge in [-0.05, 0) is 119 Å². The topological polar surface area (TPSA) is 259 Å². The van der Waals surface area contributed by atoms with E-state index in [-0.39, 0.29) is 96.1 Å². The first-order valence-electron chi connectivity index (χ1n) is 38.6. The fraction of sp³-hybridized carbons (Fsp3) is 0.827. The van der Waals surface area contributed by atoms with Gasteiger partial charge in [-0.2, -0.15) is 26.3 Å². The van der Waals surface area contributed by atoms with E-state index in [1.54, 1.807) is 60.6 Å². The standard InChI is InChI=1S/C75H115F10N11O12/c1-14-43(7)62-69(105)90(9)39-60(99)91(10)53-21-19-18-20-30-95(68(53)104)57(34-45-24-27-48(28-25-45)74(80,81)82)67(103)89(8)38-58(97)86-52(29-26-46-31-50(76)61(51(77)32-46)75(83,84)85)66(102)96-37-49(108-17-4)35-56(96)65(101)88-72(40-73(78,79)41-72)71(107)94(13)63(47(15-2)16-3)70(106)93(12)54(42(5)6)36-59(98)92(11)55(64(100)87-62)33-44-22-23-44/h18-19,42-57,61-63H,14-17,20-41H2,1-13H3,(H,86,97)(H,87,100)(H,88,101)/b19-18-/t43-,45?,46?,48?,49+,50?,51?,52-,53-,54+,55-,56-,57-,61?,62-,63-/m0/s1. The second kappa shape index (κ2) is 37.0. The van der Waals surface area contributed by atoms with E-state index >= 15 is 46.3 Å². The Morgan fingerprint density at radius 1 is 0.583 bits per heavy atom. The van der Waals surface area contributed by atoms with E-state index in [1.807, 2.05) is 0 Å². The summed E-state index contributed by atoms with van der Waals surface area (Å²) in [6, 6.07) is -11.2. The highest BCUT2D eigenvalue weighted by atomic mass is 19.4. The average Bonchev–Trinajstić information content (AvgIpc) is 0.965. The van der Waals surface area contributed by atoms with Crippen LogP contribution in [0.25, 0.3) is 0 Å². The molecule has 1 spiro atoms. The Kier molecular flexibility index (Phi) is 30.3. The van der Waals surface area contributed by atoms with Crippen molar-refractivity contribution in [2.24, 2.45) is 47.3 Å². The molecule has 3 N–H and O–H groups in total. The van der Waals surface area contributed by atoms with Gasteiger partial charge in [0.1, 0.15) is 66.1 Å². The summed E-state index contributed by atoms with van der Waals surface area (Å²) in [5.74, 6) is -21.1. The lowest BCUT2D eigenvalue weighted by molar-refractivity contribution is -0.219. The van der Waals surface area contributed by atoms with Crippen LogP contribution in [0.3, 0.4) is 0 Å². The number of fused-ring (bicyclic) bond motifs is 3. The minimum Gasteiger partial charge on any atom is -0.377 e. The average molecular weight is 1550 g/mol. The molecule has 23 nitrogen and oxygen atoms in total. The first kappa shape index (κ1) is 88.4. The van der Waals surface area contributed by atoms with Crippen LogP contribution in [0, 0.1) is 47.3 Å². The molecule has 0 aromatic carbocycles. The van der Waals surface area contributed by atoms with E-state index in [2.05, 4.69) is 16.0 Å². The Hall–Kier alpha value is -6.83. The van der Waals surface area contributed by atoms with E-state index in [9.17, 15) is 50.3 Å². The number of ether oxygens (including phenoxy) is 1. The van der Waals surface area contributed by atoms with Crippen LogP contribution in [0.15, 0.2) is 12.2 Å². The number of carbonyl (C=O) groups is 11. The summed E-state index contributed by atoms with van der Waals surface area (Å²) in [5.41, 5.74) is -2.44. The maximum absolute atomic E-state index is 15.7. The summed E-state index contributed by atoms with van der Waals surface area (Å²) in [4.78, 5) is 175. The van der Waals surface area contributed by atoms with Crippen molar-refractivity contribution in [2.75, 3.05) is 75.1 Å². The molecule has 612 valence electrons. The Labute approximate surface area is 627 Å². The van der Waals surface area contributed by atoms with Gasteiger partial charge >= 0.3 is 12.4 Å². The van der Waals surface area contributed by atoms with Gasteiger partial charge in [-0.15, -0.1) is 0 Å². The number of amides is 11. The Morgan fingerprint density at radius 2 is 1.17 bits per heavy atom. The second-order valence-corrected chi connectivity index (χ2v) is 32.2. The van der Waals surface area contributed by atoms with Crippen molar-refractivity contribution >= 4 is 65.0 Å². The lowest BCUT2D eigenvalue weighted by Gasteiger charge is -2.50. The summed E-state index contributed by atoms with van der Waals surface area (Å²) in [6.45, 7) is 9.94. The SMILES string of the molecule is CCO[C@@H]1C[C@H]2C(=O)NC3(CC(F)(F)C3)C(=O)N(C)[C@@H](C(CC)CC)C(=O)N(C)[C@@H](C(C)C)CC(=O)N(C)[C@@H](CC3CC3)C(=O)N[C@@H]([C@@H](C)CC)C(=O)N(C)CC(=O)N(C)[C@H]3C/C=C\CCN(C3=O)[C@@H](CC3CCC(C(F)(F)F)CC3)C(=O)N(C)CC(=O)N[C@@H](CCC3CC(F)C(C(F)(F)F)C(F)C3)C(=O)N2C1. The summed E-state index contributed by atoms with van der Waals surface area (Å²) in [6.07, 6.45) is -17.0. The predicted molar refractivity (Wildman–Crippen MR) is 378 cm³/mol. The molecule has 108 heavy (non-hydrogen) atoms. The van der Waals surface area contributed by atoms with Crippen LogP contribution >= 0.6 is 0 Å². The van der Waals surface area contributed by atoms with Gasteiger partial charge in [-0.3, -0.25) is 52.7 Å². The maximum Gasteiger partial charge on any atom is 0.397 e. The zero-order valence-electron chi connectivity index (χ0n) is 64.8. The van der Waals surface area contributed by atoms with Gasteiger partial charge in [0.15, 0.2) is 0 Å². The van der Waals surface area contributed by atoms with E-state index in [1.165, 1.54) is 57.0 Å². The molecule has 0 radical (unpaired) electrons. The van der Waals surface area contributed by atoms with Crippen molar-refractivity contribution in [1.82, 2.24) is 55.1 Å². The molecule has 6 fully saturated rings. The minimum atomic E-state index is -5.25. The highest BCUT2D eigenvalue weighted by molar-refractivity contribution is 6.00. The Balaban J connectivity index is 1.33. The van der Waals surface area contributed by atoms with Gasteiger partial charge in [-0.1, -0.05) is 85.8 Å². The molecule has 0 aromatic heterocycles. The van der Waals surface area contributed by atoms with Crippen LogP contribution in [0.1, 0.15) is 183 Å². The number of hydrogen-bond acceptors (Lipinski definition) is 12. The summed E-state index contributed by atoms with van der Waals surface area (Å²) < 4.78 is 152. The van der Waals surface area contributed by atoms with Crippen LogP contribution in [0.5, 0.6) is 0 Å². The number of hydrogen-bond donors (Lipinski definition) is 3. The maximum atomic E-state index is 15.7. The zero-order valence-corrected chi connectivity index (χ0v) is 64.8. The molecule has 2 bridgehead atoms. The normalized spacial score (nSPS) is 32.4. The van der Waals surface area contributed by atoms with E-state index in [0.717, 1.165) is 37.3 Å². The second-order valence-electron chi connectivity index (χ2n) is 32.2. The predicted octanol–water partition coefficient (Wildman–Crippen LogP) is 8.16. The van der Waals surface area contributed by atoms with Crippen LogP contribution < -0.4 is 16.0 Å². The number of carbonyl (C=O) groups excluding carboxylic acids is 11. The Morgan fingerprint density at radius 3 is 1.70 bits per heavy atom. The highest BCUT2D eigenvalue weighted by Gasteiger charge is 2.64. The van der Waals surface area contributed by atoms with Crippen LogP contribution in [0.2, 0.25) is 0 Å². The molecule has 0 aromatic rings. The molecule has 2 saturated heterocycles. The minimum absolute atomic E-state index is 0.000588. The van der Waals surface area contributed by atoms with Gasteiger partial charge in [0.05, 0.1) is 25.1 Å². The molecular weight excluding hydrogens is 1440 g/mol. The van der Waals surface area contributed by atoms with Crippen LogP contribution in [-0.4, -0.2) is 270 Å². The van der Waals surface area contributed by atoms with Crippen molar-refractivity contribution in [3.8, 4) is 0 Å². The number of nitrogens with zero attached hydrogens (tertiary/aromatic N) is 8. The van der Waals surface area contributed by atoms with Crippen molar-refractivity contribution < 1.29 is 101 Å². The zero-order chi connectivity index (χ0) is 80.6. The van der Waals surface area contributed by atoms with Crippen molar-refractivity contribution in [3.05, 3.63) is 12.2 Å². The largest absolute Gasteiger partial charge is 0.397 e. The molecule has 4 saturated carbocycles. The van der Waals surface area contributed by atoms with Crippen LogP contribution in [0.4, 0.5) is 43.9 Å². The monoisotopic (exact) mass is 1550 g/mol. The summed E-state index contributed by atoms with van der Waals surface area (Å²) >= 11 is 0. The number of alkyl halides is 10. The lowest BCUT2D eigenvalue weighted by atomic mass is 9.71. The molecule has 3 heterocycles. The Bertz CT molecular complexity index is 3200. The molecule has 7 aliphatic rings. The third-order valence-electron chi connectivity index (χ3n) is 24.1. The van der Waals surface area contributed by atoms with E-state index in [4.69, 9.17) is 4.74 Å². The fourth-order valence-corrected chi connectivity index (χ4v) is 17.0. The molecule has 7 rings (SSSR count). The summed E-state index contributed by atoms with van der Waals surface area (Å²) in [5, 5.41) is 7.98. The fourth-order valence-electron chi connectivity index (χ4n) is 17.0. The molecule has 2 unspecified atom stereocenters. The van der Waals surface area contributed by atoms with Gasteiger partial charge in [0.25, 0.3) is 5.92 Å². The quantitative estimate of drug-likeness (QED) is 0.104. The highest BCUT2D eigenvalue weighted by Crippen LogP contribution is 2.49. The van der Waals surface area contributed by atoms with E-state index < -0.39 is 255 Å². The third-order valence-corrected chi connectivity index (χ3v) is 24.1. The number of likely N-dealkylation sites (N-methyl/N-ethyl adjacent to an activating group) is 6. The molecular formula is C75H115F10N11O12. The van der Waals surface area contributed by atoms with E-state index in [0.29, 0.717) is 6.42 Å².